The Morgan fingerprint density at radius 1 is 1.53 bits per heavy atom. The van der Waals surface area contributed by atoms with E-state index in [1.807, 2.05) is 0 Å². The van der Waals surface area contributed by atoms with Gasteiger partial charge in [0.1, 0.15) is 11.5 Å². The largest absolute Gasteiger partial charge is 0.456 e. The number of nitrogens with zero attached hydrogens (tertiary/aromatic N) is 2. The Morgan fingerprint density at radius 3 is 2.87 bits per heavy atom. The fourth-order valence-corrected chi connectivity index (χ4v) is 1.27. The summed E-state index contributed by atoms with van der Waals surface area (Å²) >= 11 is 0. The number of carbonyl (C=O) groups is 1. The first-order chi connectivity index (χ1) is 7.20. The van der Waals surface area contributed by atoms with Gasteiger partial charge in [0.2, 0.25) is 5.78 Å². The second-order valence-electron chi connectivity index (χ2n) is 3.17. The standard InChI is InChI=1S/C10H11N3O2/c1-13-5-4-8(12-13)10(14)9-3-2-7(6-11)15-9/h2-5H,6,11H2,1H3. The first-order valence-electron chi connectivity index (χ1n) is 4.54. The summed E-state index contributed by atoms with van der Waals surface area (Å²) < 4.78 is 6.80. The van der Waals surface area contributed by atoms with Crippen molar-refractivity contribution in [3.63, 3.8) is 0 Å². The first kappa shape index (κ1) is 9.67. The normalized spacial score (nSPS) is 10.5. The van der Waals surface area contributed by atoms with Crippen LogP contribution in [-0.2, 0) is 13.6 Å². The minimum absolute atomic E-state index is 0.227. The molecule has 0 aliphatic heterocycles. The molecule has 2 aromatic heterocycles. The molecule has 0 atom stereocenters. The number of furan rings is 1. The molecule has 0 aliphatic carbocycles. The van der Waals surface area contributed by atoms with Crippen LogP contribution in [0.3, 0.4) is 0 Å². The molecule has 2 N–H and O–H groups in total. The van der Waals surface area contributed by atoms with Gasteiger partial charge in [-0.25, -0.2) is 0 Å². The van der Waals surface area contributed by atoms with Gasteiger partial charge in [0.25, 0.3) is 0 Å². The zero-order valence-corrected chi connectivity index (χ0v) is 8.30. The van der Waals surface area contributed by atoms with Gasteiger partial charge in [-0.3, -0.25) is 9.48 Å². The molecule has 0 saturated heterocycles. The third kappa shape index (κ3) is 1.82. The van der Waals surface area contributed by atoms with E-state index >= 15 is 0 Å². The van der Waals surface area contributed by atoms with Gasteiger partial charge in [-0.1, -0.05) is 0 Å². The fraction of sp³-hybridized carbons (Fsp3) is 0.200. The number of hydrogen-bond acceptors (Lipinski definition) is 4. The average Bonchev–Trinajstić information content (AvgIpc) is 2.84. The number of nitrogens with two attached hydrogens (primary N) is 1. The minimum Gasteiger partial charge on any atom is -0.456 e. The van der Waals surface area contributed by atoms with Crippen molar-refractivity contribution in [2.45, 2.75) is 6.54 Å². The molecule has 5 heteroatoms. The Labute approximate surface area is 86.5 Å². The summed E-state index contributed by atoms with van der Waals surface area (Å²) in [6, 6.07) is 4.95. The van der Waals surface area contributed by atoms with Crippen molar-refractivity contribution in [3.05, 3.63) is 41.6 Å². The van der Waals surface area contributed by atoms with Crippen molar-refractivity contribution in [1.29, 1.82) is 0 Å². The predicted octanol–water partition coefficient (Wildman–Crippen LogP) is 0.703. The number of aromatic nitrogens is 2. The molecule has 2 aromatic rings. The van der Waals surface area contributed by atoms with E-state index in [4.69, 9.17) is 10.2 Å². The molecule has 0 fully saturated rings. The van der Waals surface area contributed by atoms with Crippen molar-refractivity contribution in [1.82, 2.24) is 9.78 Å². The summed E-state index contributed by atoms with van der Waals surface area (Å²) in [7, 11) is 1.75. The second-order valence-corrected chi connectivity index (χ2v) is 3.17. The molecule has 0 bridgehead atoms. The van der Waals surface area contributed by atoms with Crippen LogP contribution in [0.2, 0.25) is 0 Å². The quantitative estimate of drug-likeness (QED) is 0.748. The molecule has 0 saturated carbocycles. The highest BCUT2D eigenvalue weighted by atomic mass is 16.3. The molecular formula is C10H11N3O2. The van der Waals surface area contributed by atoms with Gasteiger partial charge in [0.05, 0.1) is 6.54 Å². The summed E-state index contributed by atoms with van der Waals surface area (Å²) in [5.41, 5.74) is 5.75. The van der Waals surface area contributed by atoms with Gasteiger partial charge in [-0.2, -0.15) is 5.10 Å². The lowest BCUT2D eigenvalue weighted by atomic mass is 10.2. The van der Waals surface area contributed by atoms with Crippen LogP contribution in [0, 0.1) is 0 Å². The molecule has 0 spiro atoms. The van der Waals surface area contributed by atoms with E-state index in [1.165, 1.54) is 0 Å². The van der Waals surface area contributed by atoms with Crippen LogP contribution in [-0.4, -0.2) is 15.6 Å². The van der Waals surface area contributed by atoms with Gasteiger partial charge in [-0.15, -0.1) is 0 Å². The third-order valence-corrected chi connectivity index (χ3v) is 2.03. The Balaban J connectivity index is 2.28. The first-order valence-corrected chi connectivity index (χ1v) is 4.54. The number of rotatable bonds is 3. The average molecular weight is 205 g/mol. The van der Waals surface area contributed by atoms with E-state index in [1.54, 1.807) is 36.1 Å². The summed E-state index contributed by atoms with van der Waals surface area (Å²) in [4.78, 5) is 11.8. The van der Waals surface area contributed by atoms with Crippen LogP contribution in [0.5, 0.6) is 0 Å². The van der Waals surface area contributed by atoms with Gasteiger partial charge in [0, 0.05) is 13.2 Å². The molecule has 0 radical (unpaired) electrons. The second kappa shape index (κ2) is 3.70. The predicted molar refractivity (Wildman–Crippen MR) is 53.2 cm³/mol. The van der Waals surface area contributed by atoms with E-state index in [0.29, 0.717) is 11.5 Å². The maximum absolute atomic E-state index is 11.8. The van der Waals surface area contributed by atoms with Crippen molar-refractivity contribution in [2.75, 3.05) is 0 Å². The lowest BCUT2D eigenvalue weighted by Crippen LogP contribution is -2.02. The monoisotopic (exact) mass is 205 g/mol. The lowest BCUT2D eigenvalue weighted by molar-refractivity contribution is 0.100. The summed E-state index contributed by atoms with van der Waals surface area (Å²) in [6.45, 7) is 0.287. The van der Waals surface area contributed by atoms with Crippen LogP contribution in [0.25, 0.3) is 0 Å². The van der Waals surface area contributed by atoms with Gasteiger partial charge in [0.15, 0.2) is 5.76 Å². The number of hydrogen-bond donors (Lipinski definition) is 1. The highest BCUT2D eigenvalue weighted by Crippen LogP contribution is 2.11. The van der Waals surface area contributed by atoms with E-state index in [-0.39, 0.29) is 18.1 Å². The van der Waals surface area contributed by atoms with Crippen molar-refractivity contribution in [2.24, 2.45) is 12.8 Å². The van der Waals surface area contributed by atoms with E-state index < -0.39 is 0 Å². The van der Waals surface area contributed by atoms with Crippen molar-refractivity contribution in [3.8, 4) is 0 Å². The molecule has 78 valence electrons. The lowest BCUT2D eigenvalue weighted by Gasteiger charge is -1.92. The topological polar surface area (TPSA) is 74.0 Å². The fourth-order valence-electron chi connectivity index (χ4n) is 1.27. The molecule has 5 nitrogen and oxygen atoms in total. The Morgan fingerprint density at radius 2 is 2.33 bits per heavy atom. The third-order valence-electron chi connectivity index (χ3n) is 2.03. The number of carbonyl (C=O) groups excluding carboxylic acids is 1. The minimum atomic E-state index is -0.227. The van der Waals surface area contributed by atoms with E-state index in [9.17, 15) is 4.79 Å². The van der Waals surface area contributed by atoms with Crippen LogP contribution in [0.15, 0.2) is 28.8 Å². The number of aryl methyl sites for hydroxylation is 1. The summed E-state index contributed by atoms with van der Waals surface area (Å²) in [6.07, 6.45) is 1.71. The van der Waals surface area contributed by atoms with Crippen LogP contribution in [0.4, 0.5) is 0 Å². The Bertz CT molecular complexity index is 484. The molecule has 0 aromatic carbocycles. The van der Waals surface area contributed by atoms with E-state index in [0.717, 1.165) is 0 Å². The molecule has 0 amide bonds. The molecular weight excluding hydrogens is 194 g/mol. The van der Waals surface area contributed by atoms with Gasteiger partial charge < -0.3 is 10.2 Å². The number of ketones is 1. The van der Waals surface area contributed by atoms with Crippen LogP contribution >= 0.6 is 0 Å². The molecule has 2 heterocycles. The molecule has 0 aliphatic rings. The van der Waals surface area contributed by atoms with E-state index in [2.05, 4.69) is 5.10 Å². The Kier molecular flexibility index (Phi) is 2.39. The van der Waals surface area contributed by atoms with Gasteiger partial charge in [-0.05, 0) is 18.2 Å². The van der Waals surface area contributed by atoms with Crippen LogP contribution < -0.4 is 5.73 Å². The Hall–Kier alpha value is -1.88. The molecule has 0 unspecified atom stereocenters. The van der Waals surface area contributed by atoms with Crippen molar-refractivity contribution < 1.29 is 9.21 Å². The highest BCUT2D eigenvalue weighted by molar-refractivity contribution is 6.05. The maximum atomic E-state index is 11.8. The highest BCUT2D eigenvalue weighted by Gasteiger charge is 2.15. The zero-order chi connectivity index (χ0) is 10.8. The smallest absolute Gasteiger partial charge is 0.248 e. The summed E-state index contributed by atoms with van der Waals surface area (Å²) in [5, 5.41) is 4.00. The molecule has 15 heavy (non-hydrogen) atoms. The maximum Gasteiger partial charge on any atom is 0.248 e. The van der Waals surface area contributed by atoms with Crippen molar-refractivity contribution >= 4 is 5.78 Å². The summed E-state index contributed by atoms with van der Waals surface area (Å²) in [5.74, 6) is 0.638. The van der Waals surface area contributed by atoms with Crippen LogP contribution in [0.1, 0.15) is 22.0 Å². The zero-order valence-electron chi connectivity index (χ0n) is 8.30. The van der Waals surface area contributed by atoms with Gasteiger partial charge >= 0.3 is 0 Å². The molecule has 2 rings (SSSR count). The SMILES string of the molecule is Cn1ccc(C(=O)c2ccc(CN)o2)n1.